The molecule has 1 unspecified atom stereocenters. The van der Waals surface area contributed by atoms with Gasteiger partial charge in [-0.2, -0.15) is 0 Å². The molecule has 0 aliphatic heterocycles. The molecule has 0 fully saturated rings. The lowest BCUT2D eigenvalue weighted by Gasteiger charge is -1.94. The zero-order valence-corrected chi connectivity index (χ0v) is 8.95. The molecule has 0 aromatic heterocycles. The van der Waals surface area contributed by atoms with Crippen LogP contribution in [0.25, 0.3) is 0 Å². The molecule has 0 aromatic carbocycles. The van der Waals surface area contributed by atoms with Crippen molar-refractivity contribution >= 4 is 28.0 Å². The van der Waals surface area contributed by atoms with Crippen LogP contribution in [0.1, 0.15) is 13.8 Å². The number of halogens is 4. The van der Waals surface area contributed by atoms with E-state index in [0.29, 0.717) is 9.93 Å². The molecule has 7 heteroatoms. The summed E-state index contributed by atoms with van der Waals surface area (Å²) in [6.45, 7) is 4.45. The first-order valence-electron chi connectivity index (χ1n) is 3.44. The van der Waals surface area contributed by atoms with Crippen LogP contribution in [0.15, 0.2) is 0 Å². The van der Waals surface area contributed by atoms with E-state index < -0.39 is 7.25 Å². The van der Waals surface area contributed by atoms with E-state index in [1.807, 2.05) is 0 Å². The van der Waals surface area contributed by atoms with Gasteiger partial charge in [0.25, 0.3) is 0 Å². The summed E-state index contributed by atoms with van der Waals surface area (Å²) in [5.74, 6) is 2.60. The Morgan fingerprint density at radius 3 is 1.58 bits per heavy atom. The van der Waals surface area contributed by atoms with E-state index in [0.717, 1.165) is 0 Å². The Bertz CT molecular complexity index is 91.9. The Morgan fingerprint density at radius 2 is 1.50 bits per heavy atom. The van der Waals surface area contributed by atoms with E-state index in [-0.39, 0.29) is 0 Å². The monoisotopic (exact) mass is 224 g/mol. The normalized spacial score (nSPS) is 13.2. The van der Waals surface area contributed by atoms with Gasteiger partial charge < -0.3 is 17.3 Å². The van der Waals surface area contributed by atoms with Crippen LogP contribution in [0.3, 0.4) is 0 Å². The fourth-order valence-electron chi connectivity index (χ4n) is 0.285. The van der Waals surface area contributed by atoms with E-state index in [4.69, 9.17) is 0 Å². The molecule has 0 nitrogen and oxygen atoms in total. The molecule has 0 saturated heterocycles. The van der Waals surface area contributed by atoms with Crippen molar-refractivity contribution in [2.75, 3.05) is 17.8 Å². The van der Waals surface area contributed by atoms with Crippen LogP contribution in [0, 0.1) is 0 Å². The third kappa shape index (κ3) is 31.4. The quantitative estimate of drug-likeness (QED) is 0.307. The van der Waals surface area contributed by atoms with Gasteiger partial charge in [0.15, 0.2) is 0 Å². The topological polar surface area (TPSA) is 0 Å². The molecule has 0 N–H and O–H groups in total. The molecule has 12 heavy (non-hydrogen) atoms. The second kappa shape index (κ2) is 8.10. The third-order valence-corrected chi connectivity index (χ3v) is 4.80. The van der Waals surface area contributed by atoms with Crippen LogP contribution < -0.4 is 0 Å². The molecule has 0 rings (SSSR count). The SMILES string of the molecule is CCS[S+](C)CC.F[B-](F)(F)F. The maximum atomic E-state index is 9.75. The largest absolute Gasteiger partial charge is 0.673 e. The molecular weight excluding hydrogens is 211 g/mol. The first-order chi connectivity index (χ1) is 5.31. The summed E-state index contributed by atoms with van der Waals surface area (Å²) in [7, 11) is -3.30. The Balaban J connectivity index is 0. The van der Waals surface area contributed by atoms with Crippen LogP contribution in [0.5, 0.6) is 0 Å². The summed E-state index contributed by atoms with van der Waals surface area (Å²) >= 11 is 0. The van der Waals surface area contributed by atoms with Crippen molar-refractivity contribution in [2.24, 2.45) is 0 Å². The van der Waals surface area contributed by atoms with Crippen LogP contribution in [0.2, 0.25) is 0 Å². The van der Waals surface area contributed by atoms with Gasteiger partial charge in [-0.05, 0) is 6.92 Å². The minimum atomic E-state index is -6.00. The van der Waals surface area contributed by atoms with Gasteiger partial charge in [0.2, 0.25) is 0 Å². The maximum absolute atomic E-state index is 9.75. The lowest BCUT2D eigenvalue weighted by molar-refractivity contribution is 0.368. The average Bonchev–Trinajstić information content (AvgIpc) is 1.85. The van der Waals surface area contributed by atoms with Crippen molar-refractivity contribution in [3.63, 3.8) is 0 Å². The zero-order valence-electron chi connectivity index (χ0n) is 7.32. The summed E-state index contributed by atoms with van der Waals surface area (Å²) in [4.78, 5) is 0. The summed E-state index contributed by atoms with van der Waals surface area (Å²) in [6.07, 6.45) is 2.30. The lowest BCUT2D eigenvalue weighted by atomic mass is 10.3. The van der Waals surface area contributed by atoms with Gasteiger partial charge in [0.1, 0.15) is 12.0 Å². The van der Waals surface area contributed by atoms with E-state index in [2.05, 4.69) is 30.9 Å². The first kappa shape index (κ1) is 15.0. The lowest BCUT2D eigenvalue weighted by Crippen LogP contribution is -2.02. The highest BCUT2D eigenvalue weighted by Gasteiger charge is 2.20. The number of hydrogen-bond donors (Lipinski definition) is 0. The van der Waals surface area contributed by atoms with Crippen molar-refractivity contribution in [3.05, 3.63) is 0 Å². The Hall–Kier alpha value is 0.485. The van der Waals surface area contributed by atoms with Crippen molar-refractivity contribution in [3.8, 4) is 0 Å². The first-order valence-corrected chi connectivity index (χ1v) is 6.74. The smallest absolute Gasteiger partial charge is 0.418 e. The molecular formula is C5H13BF4S2. The minimum absolute atomic E-state index is 0.640. The fraction of sp³-hybridized carbons (Fsp3) is 1.00. The molecule has 0 aliphatic rings. The van der Waals surface area contributed by atoms with Crippen molar-refractivity contribution in [1.82, 2.24) is 0 Å². The van der Waals surface area contributed by atoms with Gasteiger partial charge in [0.05, 0.1) is 20.7 Å². The second-order valence-corrected chi connectivity index (χ2v) is 6.71. The molecule has 0 saturated carbocycles. The van der Waals surface area contributed by atoms with Gasteiger partial charge in [-0.1, -0.05) is 6.92 Å². The molecule has 76 valence electrons. The molecule has 0 radical (unpaired) electrons. The molecule has 0 aliphatic carbocycles. The molecule has 1 atom stereocenters. The van der Waals surface area contributed by atoms with Crippen LogP contribution >= 0.6 is 10.8 Å². The summed E-state index contributed by atoms with van der Waals surface area (Å²) in [5.41, 5.74) is 0. The maximum Gasteiger partial charge on any atom is 0.673 e. The Labute approximate surface area is 77.3 Å². The predicted octanol–water partition coefficient (Wildman–Crippen LogP) is 3.22. The Kier molecular flexibility index (Phi) is 10.1. The highest BCUT2D eigenvalue weighted by atomic mass is 33.1. The molecule has 0 amide bonds. The van der Waals surface area contributed by atoms with E-state index >= 15 is 0 Å². The second-order valence-electron chi connectivity index (χ2n) is 1.76. The summed E-state index contributed by atoms with van der Waals surface area (Å²) in [5, 5.41) is 0. The summed E-state index contributed by atoms with van der Waals surface area (Å²) < 4.78 is 39.0. The molecule has 0 heterocycles. The number of hydrogen-bond acceptors (Lipinski definition) is 1. The van der Waals surface area contributed by atoms with E-state index in [9.17, 15) is 17.3 Å². The Morgan fingerprint density at radius 1 is 1.17 bits per heavy atom. The minimum Gasteiger partial charge on any atom is -0.418 e. The van der Waals surface area contributed by atoms with Crippen LogP contribution in [-0.2, 0) is 9.93 Å². The predicted molar refractivity (Wildman–Crippen MR) is 52.1 cm³/mol. The molecule has 0 bridgehead atoms. The van der Waals surface area contributed by atoms with E-state index in [1.165, 1.54) is 11.5 Å². The van der Waals surface area contributed by atoms with E-state index in [1.54, 1.807) is 0 Å². The molecule has 0 spiro atoms. The number of rotatable bonds is 3. The summed E-state index contributed by atoms with van der Waals surface area (Å²) in [6, 6.07) is 0. The molecule has 0 aromatic rings. The van der Waals surface area contributed by atoms with Gasteiger partial charge >= 0.3 is 7.25 Å². The fourth-order valence-corrected chi connectivity index (χ4v) is 2.56. The van der Waals surface area contributed by atoms with Gasteiger partial charge in [-0.25, -0.2) is 0 Å². The highest BCUT2D eigenvalue weighted by Crippen LogP contribution is 2.11. The third-order valence-electron chi connectivity index (χ3n) is 0.726. The standard InChI is InChI=1S/C5H13S2.BF4/c1-4-6-7(3)5-2;2-1(3,4)5/h4-5H2,1-3H3;/q+1;-1. The van der Waals surface area contributed by atoms with Crippen LogP contribution in [0.4, 0.5) is 17.3 Å². The van der Waals surface area contributed by atoms with Crippen molar-refractivity contribution in [1.29, 1.82) is 0 Å². The van der Waals surface area contributed by atoms with Gasteiger partial charge in [-0.3, -0.25) is 0 Å². The zero-order chi connectivity index (χ0) is 10.2. The van der Waals surface area contributed by atoms with Crippen molar-refractivity contribution in [2.45, 2.75) is 13.8 Å². The van der Waals surface area contributed by atoms with Gasteiger partial charge in [-0.15, -0.1) is 0 Å². The average molecular weight is 224 g/mol. The van der Waals surface area contributed by atoms with Gasteiger partial charge in [0, 0.05) is 5.75 Å². The van der Waals surface area contributed by atoms with Crippen LogP contribution in [-0.4, -0.2) is 25.0 Å². The van der Waals surface area contributed by atoms with Crippen molar-refractivity contribution < 1.29 is 17.3 Å². The highest BCUT2D eigenvalue weighted by molar-refractivity contribution is 8.73.